The lowest BCUT2D eigenvalue weighted by atomic mass is 9.52. The van der Waals surface area contributed by atoms with Gasteiger partial charge >= 0.3 is 6.18 Å². The number of amides is 1. The highest BCUT2D eigenvalue weighted by Crippen LogP contribution is 2.57. The maximum Gasteiger partial charge on any atom is 0.416 e. The van der Waals surface area contributed by atoms with Gasteiger partial charge in [0, 0.05) is 18.0 Å². The zero-order valence-corrected chi connectivity index (χ0v) is 19.5. The van der Waals surface area contributed by atoms with Gasteiger partial charge in [-0.3, -0.25) is 4.79 Å². The van der Waals surface area contributed by atoms with Crippen molar-refractivity contribution in [2.45, 2.75) is 75.6 Å². The lowest BCUT2D eigenvalue weighted by molar-refractivity contribution is -0.154. The first kappa shape index (κ1) is 22.1. The number of aromatic nitrogens is 2. The molecule has 1 aromatic heterocycles. The zero-order valence-electron chi connectivity index (χ0n) is 19.5. The Kier molecular flexibility index (Phi) is 4.62. The summed E-state index contributed by atoms with van der Waals surface area (Å²) in [6.45, 7) is 4.67. The van der Waals surface area contributed by atoms with Gasteiger partial charge < -0.3 is 10.0 Å². The molecule has 1 N–H and O–H groups in total. The molecular weight excluding hydrogens is 443 g/mol. The largest absolute Gasteiger partial charge is 0.416 e. The molecular formula is C26H30F3N3O2. The molecule has 4 saturated carbocycles. The molecule has 8 heteroatoms. The lowest BCUT2D eigenvalue weighted by Gasteiger charge is -2.60. The van der Waals surface area contributed by atoms with Crippen LogP contribution in [0.2, 0.25) is 0 Å². The maximum atomic E-state index is 13.9. The second-order valence-electron chi connectivity index (χ2n) is 11.7. The number of hydrogen-bond donors (Lipinski definition) is 1. The highest BCUT2D eigenvalue weighted by molar-refractivity contribution is 5.96. The third kappa shape index (κ3) is 3.32. The van der Waals surface area contributed by atoms with Crippen LogP contribution < -0.4 is 0 Å². The second kappa shape index (κ2) is 7.09. The number of rotatable bonds is 2. The van der Waals surface area contributed by atoms with Crippen molar-refractivity contribution in [2.24, 2.45) is 17.8 Å². The number of benzene rings is 1. The van der Waals surface area contributed by atoms with E-state index in [4.69, 9.17) is 0 Å². The Morgan fingerprint density at radius 3 is 2.47 bits per heavy atom. The quantitative estimate of drug-likeness (QED) is 0.671. The standard InChI is InChI=1S/C26H30F3N3O2/c1-24(2)6-7-31(21-16-8-15-9-17(21)13-25(34,11-15)12-16)23(33)20-14-30-32(22(20)24)19-5-3-4-18(10-19)26(27,28)29/h3-5,10,14-17,21,34H,6-9,11-13H2,1-2H3. The number of alkyl halides is 3. The molecule has 2 atom stereocenters. The lowest BCUT2D eigenvalue weighted by Crippen LogP contribution is -2.62. The average molecular weight is 474 g/mol. The minimum absolute atomic E-state index is 0.0803. The van der Waals surface area contributed by atoms with Gasteiger partial charge in [0.05, 0.1) is 34.3 Å². The van der Waals surface area contributed by atoms with Crippen molar-refractivity contribution in [2.75, 3.05) is 6.54 Å². The molecule has 4 aliphatic carbocycles. The van der Waals surface area contributed by atoms with Crippen LogP contribution in [0.3, 0.4) is 0 Å². The smallest absolute Gasteiger partial charge is 0.390 e. The van der Waals surface area contributed by atoms with E-state index in [1.54, 1.807) is 6.07 Å². The van der Waals surface area contributed by atoms with Gasteiger partial charge in [0.25, 0.3) is 5.91 Å². The molecule has 1 aromatic carbocycles. The van der Waals surface area contributed by atoms with E-state index >= 15 is 0 Å². The van der Waals surface area contributed by atoms with Crippen LogP contribution in [0, 0.1) is 17.8 Å². The molecule has 2 heterocycles. The van der Waals surface area contributed by atoms with E-state index in [1.807, 2.05) is 18.7 Å². The fraction of sp³-hybridized carbons (Fsp3) is 0.615. The molecule has 7 rings (SSSR count). The summed E-state index contributed by atoms with van der Waals surface area (Å²) >= 11 is 0. The summed E-state index contributed by atoms with van der Waals surface area (Å²) in [5.41, 5.74) is -0.299. The van der Waals surface area contributed by atoms with Crippen LogP contribution >= 0.6 is 0 Å². The highest BCUT2D eigenvalue weighted by Gasteiger charge is 2.57. The van der Waals surface area contributed by atoms with Crippen molar-refractivity contribution in [3.63, 3.8) is 0 Å². The Bertz CT molecular complexity index is 1140. The summed E-state index contributed by atoms with van der Waals surface area (Å²) in [5.74, 6) is 1.09. The molecule has 0 saturated heterocycles. The average Bonchev–Trinajstić information content (AvgIpc) is 3.16. The Morgan fingerprint density at radius 2 is 1.82 bits per heavy atom. The Labute approximate surface area is 196 Å². The van der Waals surface area contributed by atoms with Crippen molar-refractivity contribution < 1.29 is 23.1 Å². The second-order valence-corrected chi connectivity index (χ2v) is 11.7. The molecule has 2 aromatic rings. The molecule has 5 aliphatic rings. The monoisotopic (exact) mass is 473 g/mol. The summed E-state index contributed by atoms with van der Waals surface area (Å²) in [4.78, 5) is 15.9. The number of aliphatic hydroxyl groups is 1. The van der Waals surface area contributed by atoms with Crippen LogP contribution in [0.25, 0.3) is 5.69 Å². The van der Waals surface area contributed by atoms with Crippen molar-refractivity contribution in [3.8, 4) is 5.69 Å². The molecule has 0 spiro atoms. The van der Waals surface area contributed by atoms with Gasteiger partial charge in [0.2, 0.25) is 0 Å². The van der Waals surface area contributed by atoms with Crippen molar-refractivity contribution in [1.29, 1.82) is 0 Å². The van der Waals surface area contributed by atoms with Crippen LogP contribution in [0.1, 0.15) is 74.0 Å². The maximum absolute atomic E-state index is 13.9. The molecule has 5 nitrogen and oxygen atoms in total. The first-order valence-corrected chi connectivity index (χ1v) is 12.2. The predicted octanol–water partition coefficient (Wildman–Crippen LogP) is 4.95. The summed E-state index contributed by atoms with van der Waals surface area (Å²) in [6, 6.07) is 5.23. The van der Waals surface area contributed by atoms with Gasteiger partial charge in [-0.05, 0) is 74.5 Å². The third-order valence-corrected chi connectivity index (χ3v) is 8.85. The van der Waals surface area contributed by atoms with E-state index in [1.165, 1.54) is 16.9 Å². The van der Waals surface area contributed by atoms with Crippen molar-refractivity contribution in [3.05, 3.63) is 47.3 Å². The minimum atomic E-state index is -4.45. The van der Waals surface area contributed by atoms with Crippen LogP contribution in [0.15, 0.2) is 30.5 Å². The molecule has 0 radical (unpaired) electrons. The third-order valence-electron chi connectivity index (χ3n) is 8.85. The highest BCUT2D eigenvalue weighted by atomic mass is 19.4. The molecule has 4 bridgehead atoms. The normalized spacial score (nSPS) is 34.3. The van der Waals surface area contributed by atoms with Gasteiger partial charge in [0.1, 0.15) is 0 Å². The summed E-state index contributed by atoms with van der Waals surface area (Å²) < 4.78 is 41.6. The van der Waals surface area contributed by atoms with E-state index in [0.717, 1.165) is 44.2 Å². The van der Waals surface area contributed by atoms with Crippen LogP contribution in [-0.4, -0.2) is 43.9 Å². The zero-order chi connectivity index (χ0) is 24.0. The number of carbonyl (C=O) groups is 1. The number of halogens is 3. The number of carbonyl (C=O) groups excluding carboxylic acids is 1. The molecule has 1 amide bonds. The predicted molar refractivity (Wildman–Crippen MR) is 120 cm³/mol. The topological polar surface area (TPSA) is 58.4 Å². The van der Waals surface area contributed by atoms with E-state index in [2.05, 4.69) is 5.10 Å². The van der Waals surface area contributed by atoms with Gasteiger partial charge in [-0.2, -0.15) is 18.3 Å². The number of nitrogens with zero attached hydrogens (tertiary/aromatic N) is 3. The Morgan fingerprint density at radius 1 is 1.12 bits per heavy atom. The summed E-state index contributed by atoms with van der Waals surface area (Å²) in [5, 5.41) is 15.4. The Hall–Kier alpha value is -2.35. The number of fused-ring (bicyclic) bond motifs is 1. The fourth-order valence-corrected chi connectivity index (χ4v) is 7.69. The van der Waals surface area contributed by atoms with Crippen molar-refractivity contribution in [1.82, 2.24) is 14.7 Å². The fourth-order valence-electron chi connectivity index (χ4n) is 7.69. The molecule has 1 aliphatic heterocycles. The van der Waals surface area contributed by atoms with Crippen LogP contribution in [0.5, 0.6) is 0 Å². The minimum Gasteiger partial charge on any atom is -0.390 e. The molecule has 182 valence electrons. The van der Waals surface area contributed by atoms with Crippen LogP contribution in [-0.2, 0) is 11.6 Å². The first-order chi connectivity index (χ1) is 16.0. The Balaban J connectivity index is 1.39. The number of hydrogen-bond acceptors (Lipinski definition) is 3. The van der Waals surface area contributed by atoms with E-state index in [-0.39, 0.29) is 11.9 Å². The van der Waals surface area contributed by atoms with E-state index in [0.29, 0.717) is 47.7 Å². The SMILES string of the molecule is CC1(C)CCN(C2C3CC4CC2CC(O)(C4)C3)C(=O)c2cnn(-c3cccc(C(F)(F)F)c3)c21. The van der Waals surface area contributed by atoms with Gasteiger partial charge in [-0.1, -0.05) is 19.9 Å². The molecule has 34 heavy (non-hydrogen) atoms. The van der Waals surface area contributed by atoms with Crippen LogP contribution in [0.4, 0.5) is 13.2 Å². The van der Waals surface area contributed by atoms with E-state index in [9.17, 15) is 23.1 Å². The van der Waals surface area contributed by atoms with Crippen molar-refractivity contribution >= 4 is 5.91 Å². The first-order valence-electron chi connectivity index (χ1n) is 12.2. The van der Waals surface area contributed by atoms with E-state index < -0.39 is 22.8 Å². The molecule has 2 unspecified atom stereocenters. The van der Waals surface area contributed by atoms with Gasteiger partial charge in [-0.25, -0.2) is 4.68 Å². The van der Waals surface area contributed by atoms with Gasteiger partial charge in [0.15, 0.2) is 0 Å². The summed E-state index contributed by atoms with van der Waals surface area (Å²) in [7, 11) is 0. The van der Waals surface area contributed by atoms with Gasteiger partial charge in [-0.15, -0.1) is 0 Å². The summed E-state index contributed by atoms with van der Waals surface area (Å²) in [6.07, 6.45) is 2.30. The molecule has 4 fully saturated rings.